The minimum atomic E-state index is -0.557. The molecule has 6 heteroatoms. The molecule has 0 aliphatic heterocycles. The minimum Gasteiger partial charge on any atom is -0.324 e. The van der Waals surface area contributed by atoms with Gasteiger partial charge in [-0.25, -0.2) is 4.39 Å². The van der Waals surface area contributed by atoms with Crippen molar-refractivity contribution in [2.24, 2.45) is 0 Å². The van der Waals surface area contributed by atoms with Crippen LogP contribution in [-0.4, -0.2) is 10.5 Å². The molecule has 1 aromatic heterocycles. The lowest BCUT2D eigenvalue weighted by Gasteiger charge is -2.07. The molecular weight excluding hydrogens is 271 g/mol. The molecule has 0 saturated carbocycles. The molecule has 1 N–H and O–H groups in total. The van der Waals surface area contributed by atoms with E-state index >= 15 is 0 Å². The van der Waals surface area contributed by atoms with Crippen LogP contribution in [0.3, 0.4) is 0 Å². The number of carbonyl (C=O) groups is 1. The number of hydrogen-bond acceptors (Lipinski definition) is 2. The summed E-state index contributed by atoms with van der Waals surface area (Å²) in [7, 11) is 0. The van der Waals surface area contributed by atoms with Crippen molar-refractivity contribution < 1.29 is 9.18 Å². The van der Waals surface area contributed by atoms with Crippen LogP contribution in [0.1, 0.15) is 0 Å². The summed E-state index contributed by atoms with van der Waals surface area (Å²) in [6, 6.07) is 8.48. The van der Waals surface area contributed by atoms with E-state index in [-0.39, 0.29) is 17.1 Å². The lowest BCUT2D eigenvalue weighted by atomic mass is 10.3. The third-order valence-corrected chi connectivity index (χ3v) is 2.71. The highest BCUT2D eigenvalue weighted by atomic mass is 35.5. The molecule has 2 rings (SSSR count). The maximum absolute atomic E-state index is 12.9. The highest BCUT2D eigenvalue weighted by Crippen LogP contribution is 2.19. The van der Waals surface area contributed by atoms with Crippen molar-refractivity contribution >= 4 is 23.2 Å². The van der Waals surface area contributed by atoms with E-state index in [0.717, 1.165) is 6.07 Å². The maximum Gasteiger partial charge on any atom is 0.250 e. The Balaban J connectivity index is 2.08. The second kappa shape index (κ2) is 5.67. The van der Waals surface area contributed by atoms with Gasteiger partial charge in [0.05, 0.1) is 5.02 Å². The van der Waals surface area contributed by atoms with Crippen molar-refractivity contribution in [3.05, 3.63) is 63.8 Å². The van der Waals surface area contributed by atoms with Gasteiger partial charge in [0.2, 0.25) is 5.91 Å². The fraction of sp³-hybridized carbons (Fsp3) is 0.0769. The smallest absolute Gasteiger partial charge is 0.250 e. The highest BCUT2D eigenvalue weighted by Gasteiger charge is 2.06. The van der Waals surface area contributed by atoms with Crippen molar-refractivity contribution in [3.8, 4) is 0 Å². The summed E-state index contributed by atoms with van der Waals surface area (Å²) in [6.45, 7) is -0.116. The fourth-order valence-corrected chi connectivity index (χ4v) is 1.70. The maximum atomic E-state index is 12.9. The Morgan fingerprint density at radius 2 is 2.11 bits per heavy atom. The van der Waals surface area contributed by atoms with Crippen LogP contribution in [0.25, 0.3) is 0 Å². The molecule has 0 aliphatic carbocycles. The lowest BCUT2D eigenvalue weighted by Crippen LogP contribution is -2.26. The van der Waals surface area contributed by atoms with Crippen molar-refractivity contribution in [3.63, 3.8) is 0 Å². The van der Waals surface area contributed by atoms with Crippen molar-refractivity contribution in [1.82, 2.24) is 4.57 Å². The molecule has 0 bridgehead atoms. The molecule has 1 heterocycles. The third kappa shape index (κ3) is 3.42. The Bertz CT molecular complexity index is 670. The van der Waals surface area contributed by atoms with Gasteiger partial charge < -0.3 is 9.88 Å². The molecule has 0 unspecified atom stereocenters. The normalized spacial score (nSPS) is 10.2. The molecule has 19 heavy (non-hydrogen) atoms. The number of amides is 1. The van der Waals surface area contributed by atoms with Gasteiger partial charge >= 0.3 is 0 Å². The second-order valence-electron chi connectivity index (χ2n) is 3.84. The van der Waals surface area contributed by atoms with Gasteiger partial charge in [-0.3, -0.25) is 9.59 Å². The van der Waals surface area contributed by atoms with Gasteiger partial charge in [-0.15, -0.1) is 0 Å². The van der Waals surface area contributed by atoms with Crippen LogP contribution in [0.2, 0.25) is 5.02 Å². The molecule has 4 nitrogen and oxygen atoms in total. The van der Waals surface area contributed by atoms with E-state index < -0.39 is 11.7 Å². The molecule has 0 atom stereocenters. The number of carbonyl (C=O) groups excluding carboxylic acids is 1. The van der Waals surface area contributed by atoms with E-state index in [2.05, 4.69) is 5.32 Å². The van der Waals surface area contributed by atoms with E-state index in [4.69, 9.17) is 11.6 Å². The zero-order chi connectivity index (χ0) is 13.8. The first kappa shape index (κ1) is 13.3. The number of nitrogens with one attached hydrogen (secondary N) is 1. The monoisotopic (exact) mass is 280 g/mol. The lowest BCUT2D eigenvalue weighted by molar-refractivity contribution is -0.116. The van der Waals surface area contributed by atoms with Crippen molar-refractivity contribution in [2.75, 3.05) is 5.32 Å². The van der Waals surface area contributed by atoms with Crippen molar-refractivity contribution in [2.45, 2.75) is 6.54 Å². The standard InChI is InChI=1S/C13H10ClFN2O2/c14-10-7-9(4-5-11(10)15)16-12(18)8-17-6-2-1-3-13(17)19/h1-7H,8H2,(H,16,18). The van der Waals surface area contributed by atoms with Gasteiger partial charge in [0.15, 0.2) is 0 Å². The largest absolute Gasteiger partial charge is 0.324 e. The molecule has 1 amide bonds. The number of aromatic nitrogens is 1. The topological polar surface area (TPSA) is 51.1 Å². The van der Waals surface area contributed by atoms with E-state index in [1.165, 1.54) is 29.0 Å². The molecule has 98 valence electrons. The van der Waals surface area contributed by atoms with Gasteiger partial charge in [0.1, 0.15) is 12.4 Å². The first-order chi connectivity index (χ1) is 9.06. The summed E-state index contributed by atoms with van der Waals surface area (Å²) in [4.78, 5) is 23.1. The number of pyridine rings is 1. The van der Waals surface area contributed by atoms with E-state index in [1.807, 2.05) is 0 Å². The van der Waals surface area contributed by atoms with Gasteiger partial charge in [0, 0.05) is 18.0 Å². The summed E-state index contributed by atoms with van der Waals surface area (Å²) in [5.74, 6) is -0.949. The summed E-state index contributed by atoms with van der Waals surface area (Å²) < 4.78 is 14.2. The number of hydrogen-bond donors (Lipinski definition) is 1. The summed E-state index contributed by atoms with van der Waals surface area (Å²) in [5.41, 5.74) is 0.107. The molecule has 0 fully saturated rings. The predicted molar refractivity (Wildman–Crippen MR) is 70.7 cm³/mol. The van der Waals surface area contributed by atoms with Crippen LogP contribution in [-0.2, 0) is 11.3 Å². The first-order valence-electron chi connectivity index (χ1n) is 5.46. The quantitative estimate of drug-likeness (QED) is 0.938. The summed E-state index contributed by atoms with van der Waals surface area (Å²) >= 11 is 5.60. The summed E-state index contributed by atoms with van der Waals surface area (Å²) in [6.07, 6.45) is 1.51. The fourth-order valence-electron chi connectivity index (χ4n) is 1.52. The van der Waals surface area contributed by atoms with E-state index in [0.29, 0.717) is 5.69 Å². The number of anilines is 1. The first-order valence-corrected chi connectivity index (χ1v) is 5.84. The molecule has 0 radical (unpaired) electrons. The Kier molecular flexibility index (Phi) is 3.97. The average Bonchev–Trinajstić information content (AvgIpc) is 2.37. The molecule has 0 spiro atoms. The van der Waals surface area contributed by atoms with Gasteiger partial charge in [-0.05, 0) is 24.3 Å². The second-order valence-corrected chi connectivity index (χ2v) is 4.25. The molecule has 0 saturated heterocycles. The third-order valence-electron chi connectivity index (χ3n) is 2.42. The molecule has 1 aromatic carbocycles. The van der Waals surface area contributed by atoms with Gasteiger partial charge in [-0.2, -0.15) is 0 Å². The van der Waals surface area contributed by atoms with Crippen LogP contribution in [0.15, 0.2) is 47.4 Å². The zero-order valence-electron chi connectivity index (χ0n) is 9.77. The number of rotatable bonds is 3. The van der Waals surface area contributed by atoms with E-state index in [9.17, 15) is 14.0 Å². The van der Waals surface area contributed by atoms with Crippen LogP contribution >= 0.6 is 11.6 Å². The van der Waals surface area contributed by atoms with Crippen molar-refractivity contribution in [1.29, 1.82) is 0 Å². The van der Waals surface area contributed by atoms with Gasteiger partial charge in [0.25, 0.3) is 5.56 Å². The van der Waals surface area contributed by atoms with Crippen LogP contribution in [0.4, 0.5) is 10.1 Å². The molecule has 0 aliphatic rings. The summed E-state index contributed by atoms with van der Waals surface area (Å²) in [5, 5.41) is 2.46. The van der Waals surface area contributed by atoms with Crippen LogP contribution in [0, 0.1) is 5.82 Å². The minimum absolute atomic E-state index is 0.0744. The SMILES string of the molecule is O=C(Cn1ccccc1=O)Nc1ccc(F)c(Cl)c1. The Morgan fingerprint density at radius 3 is 2.79 bits per heavy atom. The Morgan fingerprint density at radius 1 is 1.32 bits per heavy atom. The molecular formula is C13H10ClFN2O2. The average molecular weight is 281 g/mol. The zero-order valence-corrected chi connectivity index (χ0v) is 10.5. The number of benzene rings is 1. The molecule has 2 aromatic rings. The van der Waals surface area contributed by atoms with Gasteiger partial charge in [-0.1, -0.05) is 17.7 Å². The van der Waals surface area contributed by atoms with E-state index in [1.54, 1.807) is 12.1 Å². The highest BCUT2D eigenvalue weighted by molar-refractivity contribution is 6.31. The Labute approximate surface area is 113 Å². The van der Waals surface area contributed by atoms with Crippen LogP contribution < -0.4 is 10.9 Å². The predicted octanol–water partition coefficient (Wildman–Crippen LogP) is 2.28. The number of nitrogens with zero attached hydrogens (tertiary/aromatic N) is 1. The van der Waals surface area contributed by atoms with Crippen LogP contribution in [0.5, 0.6) is 0 Å². The Hall–Kier alpha value is -2.14. The number of halogens is 2.